The van der Waals surface area contributed by atoms with Gasteiger partial charge in [-0.1, -0.05) is 27.5 Å². The second-order valence-corrected chi connectivity index (χ2v) is 5.64. The van der Waals surface area contributed by atoms with Gasteiger partial charge in [-0.15, -0.1) is 0 Å². The first-order chi connectivity index (χ1) is 10.0. The Kier molecular flexibility index (Phi) is 5.20. The van der Waals surface area contributed by atoms with E-state index in [1.807, 2.05) is 6.07 Å². The van der Waals surface area contributed by atoms with Crippen LogP contribution in [0, 0.1) is 0 Å². The lowest BCUT2D eigenvalue weighted by atomic mass is 10.2. The molecule has 0 aliphatic heterocycles. The number of ether oxygens (including phenoxy) is 2. The molecule has 0 atom stereocenters. The zero-order valence-electron chi connectivity index (χ0n) is 11.6. The Hall–Kier alpha value is -1.59. The van der Waals surface area contributed by atoms with Crippen molar-refractivity contribution in [2.75, 3.05) is 19.5 Å². The molecule has 2 N–H and O–H groups in total. The third-order valence-corrected chi connectivity index (χ3v) is 3.77. The molecule has 0 bridgehead atoms. The molecule has 0 radical (unpaired) electrons. The van der Waals surface area contributed by atoms with Crippen LogP contribution in [0.25, 0.3) is 0 Å². The molecule has 0 aliphatic carbocycles. The summed E-state index contributed by atoms with van der Waals surface area (Å²) >= 11 is 9.50. The second-order valence-electron chi connectivity index (χ2n) is 4.31. The fourth-order valence-electron chi connectivity index (χ4n) is 1.88. The highest BCUT2D eigenvalue weighted by Crippen LogP contribution is 2.36. The third kappa shape index (κ3) is 3.74. The number of halogens is 2. The van der Waals surface area contributed by atoms with E-state index in [9.17, 15) is 5.11 Å². The average Bonchev–Trinajstić information content (AvgIpc) is 2.48. The molecular formula is C15H15BrClNO3. The fraction of sp³-hybridized carbons (Fsp3) is 0.200. The molecule has 2 rings (SSSR count). The summed E-state index contributed by atoms with van der Waals surface area (Å²) in [6.45, 7) is 0.435. The summed E-state index contributed by atoms with van der Waals surface area (Å²) in [5.74, 6) is 1.39. The van der Waals surface area contributed by atoms with Gasteiger partial charge in [0.25, 0.3) is 0 Å². The van der Waals surface area contributed by atoms with Crippen LogP contribution in [0.5, 0.6) is 17.2 Å². The number of nitrogens with one attached hydrogen (secondary N) is 1. The molecule has 4 nitrogen and oxygen atoms in total. The lowest BCUT2D eigenvalue weighted by Crippen LogP contribution is -2.02. The molecule has 0 saturated carbocycles. The minimum absolute atomic E-state index is 0.226. The minimum Gasteiger partial charge on any atom is -0.508 e. The average molecular weight is 373 g/mol. The van der Waals surface area contributed by atoms with Gasteiger partial charge in [0.05, 0.1) is 24.9 Å². The van der Waals surface area contributed by atoms with Crippen molar-refractivity contribution in [3.8, 4) is 17.2 Å². The zero-order chi connectivity index (χ0) is 15.4. The highest BCUT2D eigenvalue weighted by Gasteiger charge is 2.10. The van der Waals surface area contributed by atoms with Crippen LogP contribution < -0.4 is 14.8 Å². The van der Waals surface area contributed by atoms with Crippen molar-refractivity contribution in [2.24, 2.45) is 0 Å². The Labute approximate surface area is 136 Å². The van der Waals surface area contributed by atoms with Gasteiger partial charge in [-0.25, -0.2) is 0 Å². The summed E-state index contributed by atoms with van der Waals surface area (Å²) in [4.78, 5) is 0. The molecule has 21 heavy (non-hydrogen) atoms. The van der Waals surface area contributed by atoms with Crippen molar-refractivity contribution in [2.45, 2.75) is 6.54 Å². The van der Waals surface area contributed by atoms with Gasteiger partial charge in [-0.2, -0.15) is 0 Å². The predicted octanol–water partition coefficient (Wildman–Crippen LogP) is 4.44. The number of anilines is 1. The smallest absolute Gasteiger partial charge is 0.145 e. The van der Waals surface area contributed by atoms with Crippen molar-refractivity contribution in [3.05, 3.63) is 45.4 Å². The Morgan fingerprint density at radius 3 is 2.52 bits per heavy atom. The maximum absolute atomic E-state index is 9.84. The van der Waals surface area contributed by atoms with Gasteiger partial charge in [0.1, 0.15) is 17.2 Å². The van der Waals surface area contributed by atoms with E-state index in [1.165, 1.54) is 0 Å². The number of rotatable bonds is 5. The lowest BCUT2D eigenvalue weighted by Gasteiger charge is -2.14. The van der Waals surface area contributed by atoms with Crippen LogP contribution in [0.4, 0.5) is 5.69 Å². The van der Waals surface area contributed by atoms with Gasteiger partial charge in [-0.3, -0.25) is 0 Å². The highest BCUT2D eigenvalue weighted by molar-refractivity contribution is 9.10. The van der Waals surface area contributed by atoms with Crippen LogP contribution in [0.2, 0.25) is 5.02 Å². The van der Waals surface area contributed by atoms with E-state index >= 15 is 0 Å². The van der Waals surface area contributed by atoms with E-state index in [0.29, 0.717) is 23.1 Å². The van der Waals surface area contributed by atoms with E-state index in [0.717, 1.165) is 15.7 Å². The Morgan fingerprint density at radius 2 is 1.86 bits per heavy atom. The molecule has 0 heterocycles. The summed E-state index contributed by atoms with van der Waals surface area (Å²) in [7, 11) is 3.12. The Morgan fingerprint density at radius 1 is 1.14 bits per heavy atom. The normalized spacial score (nSPS) is 10.3. The van der Waals surface area contributed by atoms with E-state index < -0.39 is 0 Å². The van der Waals surface area contributed by atoms with Crippen LogP contribution in [-0.2, 0) is 6.54 Å². The van der Waals surface area contributed by atoms with Crippen LogP contribution in [0.15, 0.2) is 34.8 Å². The van der Waals surface area contributed by atoms with E-state index in [-0.39, 0.29) is 5.75 Å². The van der Waals surface area contributed by atoms with Crippen molar-refractivity contribution in [1.82, 2.24) is 0 Å². The first-order valence-electron chi connectivity index (χ1n) is 6.18. The lowest BCUT2D eigenvalue weighted by molar-refractivity contribution is 0.395. The molecule has 6 heteroatoms. The summed E-state index contributed by atoms with van der Waals surface area (Å²) in [5.41, 5.74) is 1.49. The van der Waals surface area contributed by atoms with Crippen LogP contribution in [-0.4, -0.2) is 19.3 Å². The van der Waals surface area contributed by atoms with E-state index in [4.69, 9.17) is 21.1 Å². The van der Waals surface area contributed by atoms with E-state index in [1.54, 1.807) is 38.5 Å². The van der Waals surface area contributed by atoms with E-state index in [2.05, 4.69) is 21.2 Å². The van der Waals surface area contributed by atoms with Crippen molar-refractivity contribution in [3.63, 3.8) is 0 Å². The zero-order valence-corrected chi connectivity index (χ0v) is 14.0. The molecule has 0 aliphatic rings. The Bertz CT molecular complexity index is 649. The third-order valence-electron chi connectivity index (χ3n) is 2.98. The quantitative estimate of drug-likeness (QED) is 0.815. The number of phenols is 1. The van der Waals surface area contributed by atoms with Gasteiger partial charge >= 0.3 is 0 Å². The summed E-state index contributed by atoms with van der Waals surface area (Å²) < 4.78 is 11.4. The standard InChI is InChI=1S/C15H15BrClNO3/c1-20-14-7-15(21-2)12(6-11(14)17)18-8-9-5-10(16)3-4-13(9)19/h3-7,18-19H,8H2,1-2H3. The number of phenolic OH excluding ortho intramolecular Hbond substituents is 1. The van der Waals surface area contributed by atoms with Crippen LogP contribution in [0.1, 0.15) is 5.56 Å². The maximum atomic E-state index is 9.84. The topological polar surface area (TPSA) is 50.7 Å². The number of aromatic hydroxyl groups is 1. The molecule has 2 aromatic rings. The molecule has 0 unspecified atom stereocenters. The van der Waals surface area contributed by atoms with Crippen molar-refractivity contribution in [1.29, 1.82) is 0 Å². The molecule has 0 amide bonds. The molecule has 2 aromatic carbocycles. The first kappa shape index (κ1) is 15.8. The van der Waals surface area contributed by atoms with Crippen molar-refractivity contribution >= 4 is 33.2 Å². The first-order valence-corrected chi connectivity index (χ1v) is 7.35. The molecule has 0 spiro atoms. The Balaban J connectivity index is 2.23. The summed E-state index contributed by atoms with van der Waals surface area (Å²) in [6, 6.07) is 8.71. The number of benzene rings is 2. The minimum atomic E-state index is 0.226. The largest absolute Gasteiger partial charge is 0.508 e. The molecule has 0 saturated heterocycles. The predicted molar refractivity (Wildman–Crippen MR) is 87.7 cm³/mol. The number of hydrogen-bond acceptors (Lipinski definition) is 4. The van der Waals surface area contributed by atoms with Crippen molar-refractivity contribution < 1.29 is 14.6 Å². The second kappa shape index (κ2) is 6.91. The van der Waals surface area contributed by atoms with Gasteiger partial charge < -0.3 is 19.9 Å². The van der Waals surface area contributed by atoms with Gasteiger partial charge in [0.2, 0.25) is 0 Å². The monoisotopic (exact) mass is 371 g/mol. The SMILES string of the molecule is COc1cc(OC)c(NCc2cc(Br)ccc2O)cc1Cl. The van der Waals surface area contributed by atoms with Gasteiger partial charge in [-0.05, 0) is 24.3 Å². The molecular weight excluding hydrogens is 358 g/mol. The maximum Gasteiger partial charge on any atom is 0.145 e. The fourth-order valence-corrected chi connectivity index (χ4v) is 2.53. The van der Waals surface area contributed by atoms with Crippen LogP contribution in [0.3, 0.4) is 0 Å². The molecule has 0 fully saturated rings. The van der Waals surface area contributed by atoms with Crippen LogP contribution >= 0.6 is 27.5 Å². The van der Waals surface area contributed by atoms with Gasteiger partial charge in [0, 0.05) is 22.6 Å². The summed E-state index contributed by atoms with van der Waals surface area (Å²) in [5, 5.41) is 13.5. The molecule has 0 aromatic heterocycles. The number of methoxy groups -OCH3 is 2. The molecule has 112 valence electrons. The number of hydrogen-bond donors (Lipinski definition) is 2. The summed E-state index contributed by atoms with van der Waals surface area (Å²) in [6.07, 6.45) is 0. The highest BCUT2D eigenvalue weighted by atomic mass is 79.9. The van der Waals surface area contributed by atoms with Gasteiger partial charge in [0.15, 0.2) is 0 Å².